The van der Waals surface area contributed by atoms with Gasteiger partial charge in [-0.05, 0) is 17.7 Å². The predicted octanol–water partition coefficient (Wildman–Crippen LogP) is 2.19. The highest BCUT2D eigenvalue weighted by Crippen LogP contribution is 2.39. The summed E-state index contributed by atoms with van der Waals surface area (Å²) >= 11 is 1.63. The molecule has 1 aliphatic heterocycles. The number of aliphatic hydroxyl groups excluding tert-OH is 1. The summed E-state index contributed by atoms with van der Waals surface area (Å²) in [5.74, 6) is 0.846. The average Bonchev–Trinajstić information content (AvgIpc) is 2.76. The van der Waals surface area contributed by atoms with Crippen LogP contribution in [0.1, 0.15) is 11.3 Å². The van der Waals surface area contributed by atoms with Gasteiger partial charge < -0.3 is 9.84 Å². The molecular formula is C11H9NO2S. The molecule has 1 aromatic carbocycles. The van der Waals surface area contributed by atoms with Crippen molar-refractivity contribution in [2.75, 3.05) is 0 Å². The lowest BCUT2D eigenvalue weighted by Crippen LogP contribution is -2.04. The molecule has 0 saturated carbocycles. The fourth-order valence-corrected chi connectivity index (χ4v) is 2.54. The highest BCUT2D eigenvalue weighted by molar-refractivity contribution is 7.13. The van der Waals surface area contributed by atoms with E-state index in [-0.39, 0.29) is 6.61 Å². The first kappa shape index (κ1) is 8.88. The van der Waals surface area contributed by atoms with Crippen LogP contribution in [0.2, 0.25) is 0 Å². The van der Waals surface area contributed by atoms with Crippen LogP contribution in [0.25, 0.3) is 10.4 Å². The molecule has 1 aromatic heterocycles. The Morgan fingerprint density at radius 2 is 2.40 bits per heavy atom. The Morgan fingerprint density at radius 3 is 3.27 bits per heavy atom. The van der Waals surface area contributed by atoms with Gasteiger partial charge >= 0.3 is 0 Å². The molecule has 3 rings (SSSR count). The lowest BCUT2D eigenvalue weighted by molar-refractivity contribution is 0.276. The van der Waals surface area contributed by atoms with Gasteiger partial charge in [-0.15, -0.1) is 11.3 Å². The van der Waals surface area contributed by atoms with Crippen molar-refractivity contribution in [3.05, 3.63) is 35.0 Å². The molecule has 0 amide bonds. The van der Waals surface area contributed by atoms with Crippen molar-refractivity contribution in [2.24, 2.45) is 0 Å². The van der Waals surface area contributed by atoms with Gasteiger partial charge in [0.1, 0.15) is 12.4 Å². The van der Waals surface area contributed by atoms with Crippen molar-refractivity contribution in [2.45, 2.75) is 13.2 Å². The Balaban J connectivity index is 2.18. The van der Waals surface area contributed by atoms with E-state index in [1.165, 1.54) is 4.88 Å². The molecule has 2 heterocycles. The smallest absolute Gasteiger partial charge is 0.132 e. The third-order valence-corrected chi connectivity index (χ3v) is 3.38. The second kappa shape index (κ2) is 3.32. The Morgan fingerprint density at radius 1 is 1.47 bits per heavy atom. The number of nitrogens with zero attached hydrogens (tertiary/aromatic N) is 1. The molecular weight excluding hydrogens is 210 g/mol. The van der Waals surface area contributed by atoms with Crippen molar-refractivity contribution >= 4 is 11.3 Å². The van der Waals surface area contributed by atoms with Gasteiger partial charge in [0.2, 0.25) is 0 Å². The molecule has 3 nitrogen and oxygen atoms in total. The highest BCUT2D eigenvalue weighted by atomic mass is 32.1. The lowest BCUT2D eigenvalue weighted by Gasteiger charge is -2.17. The van der Waals surface area contributed by atoms with E-state index in [4.69, 9.17) is 9.84 Å². The van der Waals surface area contributed by atoms with E-state index < -0.39 is 0 Å². The maximum absolute atomic E-state index is 9.03. The first-order valence-corrected chi connectivity index (χ1v) is 5.56. The van der Waals surface area contributed by atoms with E-state index in [2.05, 4.69) is 4.98 Å². The molecule has 0 spiro atoms. The first-order valence-electron chi connectivity index (χ1n) is 4.68. The van der Waals surface area contributed by atoms with Gasteiger partial charge in [-0.3, -0.25) is 0 Å². The third kappa shape index (κ3) is 1.33. The zero-order chi connectivity index (χ0) is 10.3. The molecule has 0 bridgehead atoms. The van der Waals surface area contributed by atoms with Crippen LogP contribution < -0.4 is 4.74 Å². The minimum atomic E-state index is 0.0478. The van der Waals surface area contributed by atoms with Gasteiger partial charge in [0.05, 0.1) is 22.7 Å². The molecule has 0 atom stereocenters. The standard InChI is InChI=1S/C11H9NO2S/c13-4-7-1-2-8-10(3-7)14-5-9-11(8)15-6-12-9/h1-3,6,13H,4-5H2. The number of hydrogen-bond acceptors (Lipinski definition) is 4. The zero-order valence-corrected chi connectivity index (χ0v) is 8.75. The number of thiazole rings is 1. The maximum atomic E-state index is 9.03. The second-order valence-corrected chi connectivity index (χ2v) is 4.26. The van der Waals surface area contributed by atoms with Gasteiger partial charge in [0.15, 0.2) is 0 Å². The first-order chi connectivity index (χ1) is 7.38. The summed E-state index contributed by atoms with van der Waals surface area (Å²) in [5, 5.41) is 9.03. The maximum Gasteiger partial charge on any atom is 0.132 e. The van der Waals surface area contributed by atoms with Gasteiger partial charge in [-0.25, -0.2) is 4.98 Å². The van der Waals surface area contributed by atoms with Crippen LogP contribution in [-0.4, -0.2) is 10.1 Å². The van der Waals surface area contributed by atoms with E-state index in [0.29, 0.717) is 6.61 Å². The van der Waals surface area contributed by atoms with Crippen molar-refractivity contribution < 1.29 is 9.84 Å². The third-order valence-electron chi connectivity index (χ3n) is 2.48. The lowest BCUT2D eigenvalue weighted by atomic mass is 10.1. The number of aromatic nitrogens is 1. The largest absolute Gasteiger partial charge is 0.487 e. The molecule has 1 N–H and O–H groups in total. The molecule has 0 radical (unpaired) electrons. The normalized spacial score (nSPS) is 12.9. The van der Waals surface area contributed by atoms with E-state index in [0.717, 1.165) is 22.6 Å². The quantitative estimate of drug-likeness (QED) is 0.799. The van der Waals surface area contributed by atoms with Crippen molar-refractivity contribution in [3.63, 3.8) is 0 Å². The van der Waals surface area contributed by atoms with Crippen molar-refractivity contribution in [1.82, 2.24) is 4.98 Å². The summed E-state index contributed by atoms with van der Waals surface area (Å²) < 4.78 is 5.58. The van der Waals surface area contributed by atoms with Crippen molar-refractivity contribution in [1.29, 1.82) is 0 Å². The molecule has 15 heavy (non-hydrogen) atoms. The number of aliphatic hydroxyl groups is 1. The van der Waals surface area contributed by atoms with Crippen LogP contribution in [0.4, 0.5) is 0 Å². The van der Waals surface area contributed by atoms with Crippen LogP contribution in [0.3, 0.4) is 0 Å². The van der Waals surface area contributed by atoms with Gasteiger partial charge in [-0.1, -0.05) is 6.07 Å². The molecule has 0 fully saturated rings. The Kier molecular flexibility index (Phi) is 1.97. The number of rotatable bonds is 1. The van der Waals surface area contributed by atoms with Gasteiger partial charge in [0.25, 0.3) is 0 Å². The van der Waals surface area contributed by atoms with Gasteiger partial charge in [0, 0.05) is 5.56 Å². The molecule has 0 unspecified atom stereocenters. The van der Waals surface area contributed by atoms with Crippen LogP contribution >= 0.6 is 11.3 Å². The monoisotopic (exact) mass is 219 g/mol. The van der Waals surface area contributed by atoms with E-state index in [1.54, 1.807) is 11.3 Å². The van der Waals surface area contributed by atoms with Crippen molar-refractivity contribution in [3.8, 4) is 16.2 Å². The van der Waals surface area contributed by atoms with Gasteiger partial charge in [-0.2, -0.15) is 0 Å². The van der Waals surface area contributed by atoms with E-state index in [1.807, 2.05) is 23.7 Å². The summed E-state index contributed by atoms with van der Waals surface area (Å²) in [7, 11) is 0. The number of fused-ring (bicyclic) bond motifs is 3. The summed E-state index contributed by atoms with van der Waals surface area (Å²) in [6.07, 6.45) is 0. The summed E-state index contributed by atoms with van der Waals surface area (Å²) in [5.41, 5.74) is 4.80. The predicted molar refractivity (Wildman–Crippen MR) is 57.8 cm³/mol. The molecule has 1 aliphatic rings. The topological polar surface area (TPSA) is 42.4 Å². The summed E-state index contributed by atoms with van der Waals surface area (Å²) in [6.45, 7) is 0.576. The fraction of sp³-hybridized carbons (Fsp3) is 0.182. The molecule has 0 aliphatic carbocycles. The number of hydrogen-bond donors (Lipinski definition) is 1. The zero-order valence-electron chi connectivity index (χ0n) is 7.93. The number of ether oxygens (including phenoxy) is 1. The molecule has 2 aromatic rings. The molecule has 4 heteroatoms. The van der Waals surface area contributed by atoms with Crippen LogP contribution in [0.5, 0.6) is 5.75 Å². The SMILES string of the molecule is OCc1ccc2c(c1)OCc1ncsc1-2. The Labute approximate surface area is 91.0 Å². The Hall–Kier alpha value is -1.39. The number of benzene rings is 1. The Bertz CT molecular complexity index is 507. The fourth-order valence-electron chi connectivity index (χ4n) is 1.71. The summed E-state index contributed by atoms with van der Waals surface area (Å²) in [6, 6.07) is 5.78. The highest BCUT2D eigenvalue weighted by Gasteiger charge is 2.19. The molecule has 0 saturated heterocycles. The van der Waals surface area contributed by atoms with Crippen LogP contribution in [0, 0.1) is 0 Å². The second-order valence-electron chi connectivity index (χ2n) is 3.41. The van der Waals surface area contributed by atoms with Crippen LogP contribution in [-0.2, 0) is 13.2 Å². The average molecular weight is 219 g/mol. The van der Waals surface area contributed by atoms with Crippen LogP contribution in [0.15, 0.2) is 23.7 Å². The van der Waals surface area contributed by atoms with E-state index in [9.17, 15) is 0 Å². The summed E-state index contributed by atoms with van der Waals surface area (Å²) in [4.78, 5) is 5.42. The minimum absolute atomic E-state index is 0.0478. The minimum Gasteiger partial charge on any atom is -0.487 e. The molecule has 76 valence electrons. The van der Waals surface area contributed by atoms with E-state index >= 15 is 0 Å².